The minimum absolute atomic E-state index is 0.463. The molecule has 17 heavy (non-hydrogen) atoms. The topological polar surface area (TPSA) is 60.9 Å². The molecule has 4 heteroatoms. The third-order valence-electron chi connectivity index (χ3n) is 2.51. The van der Waals surface area contributed by atoms with Crippen molar-refractivity contribution in [2.45, 2.75) is 19.0 Å². The standard InChI is InChI=1S/C13H15N3O/c14-12(9-17)6-13-8-16(10-15-13)7-11-4-2-1-3-5-11/h1-5,8-10,12H,6-7,14H2/t12-/m1/s1. The minimum Gasteiger partial charge on any atom is -0.333 e. The van der Waals surface area contributed by atoms with E-state index in [-0.39, 0.29) is 0 Å². The van der Waals surface area contributed by atoms with Gasteiger partial charge >= 0.3 is 0 Å². The van der Waals surface area contributed by atoms with Crippen LogP contribution in [0.25, 0.3) is 0 Å². The number of carbonyl (C=O) groups is 1. The Morgan fingerprint density at radius 3 is 2.82 bits per heavy atom. The zero-order chi connectivity index (χ0) is 12.1. The third-order valence-corrected chi connectivity index (χ3v) is 2.51. The van der Waals surface area contributed by atoms with Crippen molar-refractivity contribution in [1.29, 1.82) is 0 Å². The summed E-state index contributed by atoms with van der Waals surface area (Å²) in [5, 5.41) is 0. The number of rotatable bonds is 5. The first-order valence-electron chi connectivity index (χ1n) is 5.53. The number of nitrogens with zero attached hydrogens (tertiary/aromatic N) is 2. The van der Waals surface area contributed by atoms with Gasteiger partial charge in [-0.25, -0.2) is 4.98 Å². The van der Waals surface area contributed by atoms with Gasteiger partial charge in [0.15, 0.2) is 0 Å². The monoisotopic (exact) mass is 229 g/mol. The number of aldehydes is 1. The van der Waals surface area contributed by atoms with Crippen molar-refractivity contribution in [3.8, 4) is 0 Å². The van der Waals surface area contributed by atoms with Gasteiger partial charge in [-0.15, -0.1) is 0 Å². The number of carbonyl (C=O) groups excluding carboxylic acids is 1. The molecular formula is C13H15N3O. The van der Waals surface area contributed by atoms with Gasteiger partial charge in [-0.2, -0.15) is 0 Å². The Labute approximate surface area is 100 Å². The summed E-state index contributed by atoms with van der Waals surface area (Å²) in [5.74, 6) is 0. The van der Waals surface area contributed by atoms with Crippen LogP contribution >= 0.6 is 0 Å². The summed E-state index contributed by atoms with van der Waals surface area (Å²) in [4.78, 5) is 14.7. The molecule has 1 aromatic heterocycles. The molecule has 0 saturated carbocycles. The van der Waals surface area contributed by atoms with E-state index in [9.17, 15) is 4.79 Å². The van der Waals surface area contributed by atoms with E-state index in [1.54, 1.807) is 6.33 Å². The highest BCUT2D eigenvalue weighted by Crippen LogP contribution is 2.04. The molecule has 0 fully saturated rings. The van der Waals surface area contributed by atoms with Crippen molar-refractivity contribution in [1.82, 2.24) is 9.55 Å². The predicted molar refractivity (Wildman–Crippen MR) is 65.5 cm³/mol. The quantitative estimate of drug-likeness (QED) is 0.778. The maximum atomic E-state index is 10.4. The van der Waals surface area contributed by atoms with E-state index in [0.29, 0.717) is 6.42 Å². The van der Waals surface area contributed by atoms with Crippen LogP contribution in [0.3, 0.4) is 0 Å². The van der Waals surface area contributed by atoms with Crippen LogP contribution in [-0.4, -0.2) is 21.9 Å². The largest absolute Gasteiger partial charge is 0.333 e. The Balaban J connectivity index is 2.01. The van der Waals surface area contributed by atoms with E-state index < -0.39 is 6.04 Å². The van der Waals surface area contributed by atoms with Gasteiger partial charge in [0.05, 0.1) is 18.1 Å². The molecule has 0 aliphatic carbocycles. The van der Waals surface area contributed by atoms with Gasteiger partial charge in [0.25, 0.3) is 0 Å². The lowest BCUT2D eigenvalue weighted by molar-refractivity contribution is -0.108. The highest BCUT2D eigenvalue weighted by molar-refractivity contribution is 5.57. The highest BCUT2D eigenvalue weighted by Gasteiger charge is 2.05. The van der Waals surface area contributed by atoms with Gasteiger partial charge in [0.2, 0.25) is 0 Å². The summed E-state index contributed by atoms with van der Waals surface area (Å²) >= 11 is 0. The van der Waals surface area contributed by atoms with Crippen LogP contribution in [-0.2, 0) is 17.8 Å². The molecule has 2 aromatic rings. The zero-order valence-electron chi connectivity index (χ0n) is 9.49. The summed E-state index contributed by atoms with van der Waals surface area (Å²) in [6, 6.07) is 9.68. The molecule has 0 spiro atoms. The molecule has 0 radical (unpaired) electrons. The molecule has 0 amide bonds. The SMILES string of the molecule is N[C@@H](C=O)Cc1cn(Cc2ccccc2)cn1. The van der Waals surface area contributed by atoms with Crippen molar-refractivity contribution in [3.63, 3.8) is 0 Å². The number of imidazole rings is 1. The molecule has 0 aliphatic rings. The molecule has 2 N–H and O–H groups in total. The van der Waals surface area contributed by atoms with Gasteiger partial charge < -0.3 is 15.1 Å². The molecule has 0 saturated heterocycles. The fourth-order valence-corrected chi connectivity index (χ4v) is 1.68. The maximum absolute atomic E-state index is 10.4. The summed E-state index contributed by atoms with van der Waals surface area (Å²) in [6.07, 6.45) is 4.93. The van der Waals surface area contributed by atoms with E-state index in [2.05, 4.69) is 17.1 Å². The summed E-state index contributed by atoms with van der Waals surface area (Å²) < 4.78 is 1.99. The maximum Gasteiger partial charge on any atom is 0.137 e. The first-order valence-corrected chi connectivity index (χ1v) is 5.53. The van der Waals surface area contributed by atoms with Gasteiger partial charge in [-0.1, -0.05) is 30.3 Å². The lowest BCUT2D eigenvalue weighted by atomic mass is 10.2. The van der Waals surface area contributed by atoms with E-state index in [1.807, 2.05) is 29.0 Å². The second-order valence-electron chi connectivity index (χ2n) is 4.03. The lowest BCUT2D eigenvalue weighted by Gasteiger charge is -2.02. The smallest absolute Gasteiger partial charge is 0.137 e. The number of nitrogens with two attached hydrogens (primary N) is 1. The van der Waals surface area contributed by atoms with E-state index in [4.69, 9.17) is 5.73 Å². The van der Waals surface area contributed by atoms with Crippen LogP contribution in [0.5, 0.6) is 0 Å². The first-order chi connectivity index (χ1) is 8.28. The van der Waals surface area contributed by atoms with E-state index in [1.165, 1.54) is 5.56 Å². The zero-order valence-corrected chi connectivity index (χ0v) is 9.49. The molecule has 4 nitrogen and oxygen atoms in total. The normalized spacial score (nSPS) is 12.3. The van der Waals surface area contributed by atoms with Crippen LogP contribution < -0.4 is 5.73 Å². The van der Waals surface area contributed by atoms with Crippen molar-refractivity contribution in [3.05, 3.63) is 54.1 Å². The molecule has 2 rings (SSSR count). The van der Waals surface area contributed by atoms with Gasteiger partial charge in [-0.05, 0) is 5.56 Å². The van der Waals surface area contributed by atoms with E-state index >= 15 is 0 Å². The highest BCUT2D eigenvalue weighted by atomic mass is 16.1. The predicted octanol–water partition coefficient (Wildman–Crippen LogP) is 1.00. The van der Waals surface area contributed by atoms with Crippen LogP contribution in [0.2, 0.25) is 0 Å². The average Bonchev–Trinajstić information content (AvgIpc) is 2.77. The number of hydrogen-bond acceptors (Lipinski definition) is 3. The minimum atomic E-state index is -0.463. The van der Waals surface area contributed by atoms with Crippen molar-refractivity contribution < 1.29 is 4.79 Å². The van der Waals surface area contributed by atoms with Gasteiger partial charge in [0.1, 0.15) is 6.29 Å². The number of benzene rings is 1. The molecule has 1 atom stereocenters. The lowest BCUT2D eigenvalue weighted by Crippen LogP contribution is -2.24. The second kappa shape index (κ2) is 5.41. The Morgan fingerprint density at radius 1 is 1.35 bits per heavy atom. The van der Waals surface area contributed by atoms with Gasteiger partial charge in [-0.3, -0.25) is 0 Å². The molecule has 1 heterocycles. The van der Waals surface area contributed by atoms with Crippen molar-refractivity contribution in [2.24, 2.45) is 5.73 Å². The first kappa shape index (κ1) is 11.5. The van der Waals surface area contributed by atoms with Crippen LogP contribution in [0, 0.1) is 0 Å². The Kier molecular flexibility index (Phi) is 3.67. The molecule has 1 aromatic carbocycles. The molecule has 0 unspecified atom stereocenters. The molecule has 0 bridgehead atoms. The Morgan fingerprint density at radius 2 is 2.12 bits per heavy atom. The number of aromatic nitrogens is 2. The fourth-order valence-electron chi connectivity index (χ4n) is 1.68. The van der Waals surface area contributed by atoms with Crippen LogP contribution in [0.4, 0.5) is 0 Å². The Bertz CT molecular complexity index is 478. The van der Waals surface area contributed by atoms with E-state index in [0.717, 1.165) is 18.5 Å². The summed E-state index contributed by atoms with van der Waals surface area (Å²) in [5.41, 5.74) is 7.62. The Hall–Kier alpha value is -1.94. The van der Waals surface area contributed by atoms with Crippen molar-refractivity contribution in [2.75, 3.05) is 0 Å². The van der Waals surface area contributed by atoms with Crippen molar-refractivity contribution >= 4 is 6.29 Å². The van der Waals surface area contributed by atoms with Crippen LogP contribution in [0.1, 0.15) is 11.3 Å². The molecule has 0 aliphatic heterocycles. The molecular weight excluding hydrogens is 214 g/mol. The third kappa shape index (κ3) is 3.26. The second-order valence-corrected chi connectivity index (χ2v) is 4.03. The van der Waals surface area contributed by atoms with Crippen LogP contribution in [0.15, 0.2) is 42.9 Å². The average molecular weight is 229 g/mol. The van der Waals surface area contributed by atoms with Gasteiger partial charge in [0, 0.05) is 19.2 Å². The number of hydrogen-bond donors (Lipinski definition) is 1. The fraction of sp³-hybridized carbons (Fsp3) is 0.231. The summed E-state index contributed by atoms with van der Waals surface area (Å²) in [6.45, 7) is 0.782. The molecule has 88 valence electrons. The summed E-state index contributed by atoms with van der Waals surface area (Å²) in [7, 11) is 0.